The minimum Gasteiger partial charge on any atom is -0.465 e. The molecule has 0 unspecified atom stereocenters. The quantitative estimate of drug-likeness (QED) is 0.438. The third-order valence-corrected chi connectivity index (χ3v) is 6.92. The van der Waals surface area contributed by atoms with Crippen LogP contribution in [0.25, 0.3) is 0 Å². The summed E-state index contributed by atoms with van der Waals surface area (Å²) >= 11 is 9.28. The zero-order valence-corrected chi connectivity index (χ0v) is 19.8. The minimum absolute atomic E-state index is 0.0335. The smallest absolute Gasteiger partial charge is 0.324 e. The van der Waals surface area contributed by atoms with Crippen LogP contribution in [0.15, 0.2) is 57.9 Å². The standard InChI is InChI=1S/C21H25BrClNO4S/c1-4-28-21(25)20(13-15(2)3)24(14-16-5-9-18(23)10-6-16)29(26,27)19-11-7-17(22)8-12-19/h5-12,15,20H,4,13-14H2,1-3H3/t20-/m0/s1. The van der Waals surface area contributed by atoms with Crippen LogP contribution < -0.4 is 0 Å². The lowest BCUT2D eigenvalue weighted by Gasteiger charge is -2.30. The fourth-order valence-corrected chi connectivity index (χ4v) is 4.86. The summed E-state index contributed by atoms with van der Waals surface area (Å²) in [6.45, 7) is 5.81. The van der Waals surface area contributed by atoms with Gasteiger partial charge in [-0.3, -0.25) is 4.79 Å². The van der Waals surface area contributed by atoms with Crippen LogP contribution in [0.2, 0.25) is 5.02 Å². The van der Waals surface area contributed by atoms with Crippen molar-refractivity contribution in [3.05, 3.63) is 63.6 Å². The second kappa shape index (κ2) is 10.6. The third-order valence-electron chi connectivity index (χ3n) is 4.27. The zero-order valence-electron chi connectivity index (χ0n) is 16.6. The molecule has 0 saturated carbocycles. The van der Waals surface area contributed by atoms with E-state index in [1.807, 2.05) is 13.8 Å². The number of carbonyl (C=O) groups is 1. The molecule has 0 aliphatic heterocycles. The van der Waals surface area contributed by atoms with Crippen molar-refractivity contribution in [2.24, 2.45) is 5.92 Å². The maximum absolute atomic E-state index is 13.5. The maximum Gasteiger partial charge on any atom is 0.324 e. The first-order valence-corrected chi connectivity index (χ1v) is 11.9. The predicted octanol–water partition coefficient (Wildman–Crippen LogP) is 5.27. The molecular formula is C21H25BrClNO4S. The maximum atomic E-state index is 13.5. The molecule has 0 aromatic heterocycles. The average molecular weight is 503 g/mol. The summed E-state index contributed by atoms with van der Waals surface area (Å²) in [5.74, 6) is -0.451. The third kappa shape index (κ3) is 6.54. The normalized spacial score (nSPS) is 12.9. The summed E-state index contributed by atoms with van der Waals surface area (Å²) in [5.41, 5.74) is 0.730. The number of sulfonamides is 1. The molecule has 2 aromatic carbocycles. The Bertz CT molecular complexity index is 915. The van der Waals surface area contributed by atoms with Gasteiger partial charge in [-0.25, -0.2) is 8.42 Å². The number of ether oxygens (including phenoxy) is 1. The van der Waals surface area contributed by atoms with Crippen LogP contribution in [0.5, 0.6) is 0 Å². The van der Waals surface area contributed by atoms with Crippen molar-refractivity contribution in [2.75, 3.05) is 6.61 Å². The summed E-state index contributed by atoms with van der Waals surface area (Å²) in [6.07, 6.45) is 0.349. The lowest BCUT2D eigenvalue weighted by atomic mass is 10.0. The summed E-state index contributed by atoms with van der Waals surface area (Å²) in [6, 6.07) is 12.3. The lowest BCUT2D eigenvalue weighted by molar-refractivity contribution is -0.148. The van der Waals surface area contributed by atoms with Crippen LogP contribution >= 0.6 is 27.5 Å². The highest BCUT2D eigenvalue weighted by molar-refractivity contribution is 9.10. The van der Waals surface area contributed by atoms with Gasteiger partial charge >= 0.3 is 5.97 Å². The molecule has 0 saturated heterocycles. The minimum atomic E-state index is -3.96. The van der Waals surface area contributed by atoms with Gasteiger partial charge in [-0.2, -0.15) is 4.31 Å². The number of nitrogens with zero attached hydrogens (tertiary/aromatic N) is 1. The van der Waals surface area contributed by atoms with E-state index >= 15 is 0 Å². The van der Waals surface area contributed by atoms with Crippen LogP contribution in [-0.4, -0.2) is 31.3 Å². The number of halogens is 2. The molecule has 2 aromatic rings. The average Bonchev–Trinajstić information content (AvgIpc) is 2.66. The molecule has 2 rings (SSSR count). The largest absolute Gasteiger partial charge is 0.465 e. The van der Waals surface area contributed by atoms with Gasteiger partial charge in [-0.1, -0.05) is 53.5 Å². The second-order valence-corrected chi connectivity index (χ2v) is 10.3. The van der Waals surface area contributed by atoms with E-state index in [1.165, 1.54) is 16.4 Å². The van der Waals surface area contributed by atoms with Crippen molar-refractivity contribution in [1.82, 2.24) is 4.31 Å². The zero-order chi connectivity index (χ0) is 21.6. The highest BCUT2D eigenvalue weighted by Gasteiger charge is 2.37. The Morgan fingerprint density at radius 3 is 2.21 bits per heavy atom. The van der Waals surface area contributed by atoms with E-state index in [-0.39, 0.29) is 24.0 Å². The molecule has 0 aliphatic carbocycles. The Balaban J connectivity index is 2.53. The second-order valence-electron chi connectivity index (χ2n) is 7.03. The summed E-state index contributed by atoms with van der Waals surface area (Å²) < 4.78 is 34.3. The SMILES string of the molecule is CCOC(=O)[C@H](CC(C)C)N(Cc1ccc(Cl)cc1)S(=O)(=O)c1ccc(Br)cc1. The molecule has 0 fully saturated rings. The number of hydrogen-bond acceptors (Lipinski definition) is 4. The molecule has 0 spiro atoms. The van der Waals surface area contributed by atoms with Gasteiger partial charge in [0.05, 0.1) is 11.5 Å². The van der Waals surface area contributed by atoms with Gasteiger partial charge in [-0.15, -0.1) is 0 Å². The highest BCUT2D eigenvalue weighted by atomic mass is 79.9. The van der Waals surface area contributed by atoms with Gasteiger partial charge in [0.2, 0.25) is 10.0 Å². The molecule has 1 atom stereocenters. The number of esters is 1. The van der Waals surface area contributed by atoms with Gasteiger partial charge < -0.3 is 4.74 Å². The molecular weight excluding hydrogens is 478 g/mol. The van der Waals surface area contributed by atoms with E-state index in [4.69, 9.17) is 16.3 Å². The van der Waals surface area contributed by atoms with E-state index in [2.05, 4.69) is 15.9 Å². The van der Waals surface area contributed by atoms with Crippen LogP contribution in [0.4, 0.5) is 0 Å². The van der Waals surface area contributed by atoms with Gasteiger partial charge in [0.25, 0.3) is 0 Å². The molecule has 0 N–H and O–H groups in total. The van der Waals surface area contributed by atoms with E-state index in [0.29, 0.717) is 11.4 Å². The van der Waals surface area contributed by atoms with Crippen molar-refractivity contribution in [1.29, 1.82) is 0 Å². The highest BCUT2D eigenvalue weighted by Crippen LogP contribution is 2.26. The first kappa shape index (κ1) is 23.9. The Kier molecular flexibility index (Phi) is 8.70. The molecule has 0 aliphatic rings. The first-order valence-electron chi connectivity index (χ1n) is 9.33. The predicted molar refractivity (Wildman–Crippen MR) is 118 cm³/mol. The summed E-state index contributed by atoms with van der Waals surface area (Å²) in [7, 11) is -3.96. The molecule has 5 nitrogen and oxygen atoms in total. The van der Waals surface area contributed by atoms with E-state index in [1.54, 1.807) is 43.3 Å². The van der Waals surface area contributed by atoms with Crippen molar-refractivity contribution in [3.63, 3.8) is 0 Å². The van der Waals surface area contributed by atoms with Gasteiger partial charge in [0.15, 0.2) is 0 Å². The fourth-order valence-electron chi connectivity index (χ4n) is 2.89. The van der Waals surface area contributed by atoms with Crippen LogP contribution in [0, 0.1) is 5.92 Å². The molecule has 29 heavy (non-hydrogen) atoms. The topological polar surface area (TPSA) is 63.7 Å². The van der Waals surface area contributed by atoms with Crippen molar-refractivity contribution >= 4 is 43.5 Å². The lowest BCUT2D eigenvalue weighted by Crippen LogP contribution is -2.46. The van der Waals surface area contributed by atoms with Crippen LogP contribution in [-0.2, 0) is 26.1 Å². The molecule has 8 heteroatoms. The van der Waals surface area contributed by atoms with E-state index < -0.39 is 22.0 Å². The number of benzene rings is 2. The van der Waals surface area contributed by atoms with Crippen molar-refractivity contribution < 1.29 is 17.9 Å². The monoisotopic (exact) mass is 501 g/mol. The Morgan fingerprint density at radius 2 is 1.69 bits per heavy atom. The van der Waals surface area contributed by atoms with E-state index in [9.17, 15) is 13.2 Å². The molecule has 0 radical (unpaired) electrons. The van der Waals surface area contributed by atoms with Crippen LogP contribution in [0.3, 0.4) is 0 Å². The fraction of sp³-hybridized carbons (Fsp3) is 0.381. The van der Waals surface area contributed by atoms with Gasteiger partial charge in [0, 0.05) is 16.0 Å². The summed E-state index contributed by atoms with van der Waals surface area (Å²) in [4.78, 5) is 12.9. The number of rotatable bonds is 9. The first-order chi connectivity index (χ1) is 13.6. The van der Waals surface area contributed by atoms with Gasteiger partial charge in [-0.05, 0) is 61.2 Å². The Labute approximate surface area is 186 Å². The van der Waals surface area contributed by atoms with E-state index in [0.717, 1.165) is 10.0 Å². The number of carbonyl (C=O) groups excluding carboxylic acids is 1. The molecule has 158 valence electrons. The van der Waals surface area contributed by atoms with Crippen molar-refractivity contribution in [2.45, 2.75) is 44.7 Å². The van der Waals surface area contributed by atoms with Gasteiger partial charge in [0.1, 0.15) is 6.04 Å². The van der Waals surface area contributed by atoms with Crippen molar-refractivity contribution in [3.8, 4) is 0 Å². The molecule has 0 amide bonds. The molecule has 0 heterocycles. The Morgan fingerprint density at radius 1 is 1.10 bits per heavy atom. The Hall–Kier alpha value is -1.41. The number of hydrogen-bond donors (Lipinski definition) is 0. The van der Waals surface area contributed by atoms with Crippen LogP contribution in [0.1, 0.15) is 32.8 Å². The summed E-state index contributed by atoms with van der Waals surface area (Å²) in [5, 5.41) is 0.556. The molecule has 0 bridgehead atoms.